The lowest BCUT2D eigenvalue weighted by Crippen LogP contribution is -2.15. The summed E-state index contributed by atoms with van der Waals surface area (Å²) >= 11 is 0. The first-order valence-electron chi connectivity index (χ1n) is 10.3. The van der Waals surface area contributed by atoms with Crippen molar-refractivity contribution < 1.29 is 37.9 Å². The highest BCUT2D eigenvalue weighted by atomic mass is 16.6. The van der Waals surface area contributed by atoms with Gasteiger partial charge in [0.25, 0.3) is 0 Å². The Kier molecular flexibility index (Phi) is 20.1. The zero-order chi connectivity index (χ0) is 21.4. The molecule has 1 aromatic heterocycles. The van der Waals surface area contributed by atoms with Crippen LogP contribution in [0.5, 0.6) is 0 Å². The molecule has 0 amide bonds. The first-order chi connectivity index (χ1) is 14.9. The number of ether oxygens (including phenoxy) is 8. The first-order valence-corrected chi connectivity index (χ1v) is 10.3. The molecule has 0 aliphatic heterocycles. The van der Waals surface area contributed by atoms with Crippen molar-refractivity contribution in [3.05, 3.63) is 12.4 Å². The van der Waals surface area contributed by atoms with Crippen LogP contribution in [-0.2, 0) is 44.4 Å². The fourth-order valence-corrected chi connectivity index (χ4v) is 2.07. The molecular weight excluding hydrogens is 398 g/mol. The van der Waals surface area contributed by atoms with Crippen LogP contribution in [0, 0.1) is 0 Å². The van der Waals surface area contributed by atoms with Crippen molar-refractivity contribution in [2.45, 2.75) is 6.54 Å². The van der Waals surface area contributed by atoms with Crippen molar-refractivity contribution in [2.24, 2.45) is 0 Å². The molecule has 0 aromatic carbocycles. The Morgan fingerprint density at radius 2 is 0.900 bits per heavy atom. The van der Waals surface area contributed by atoms with Gasteiger partial charge >= 0.3 is 0 Å². The van der Waals surface area contributed by atoms with Crippen molar-refractivity contribution in [1.82, 2.24) is 15.0 Å². The minimum Gasteiger partial charge on any atom is -0.382 e. The average molecular weight is 436 g/mol. The summed E-state index contributed by atoms with van der Waals surface area (Å²) in [5.74, 6) is 0. The second-order valence-electron chi connectivity index (χ2n) is 5.95. The van der Waals surface area contributed by atoms with Gasteiger partial charge in [0.15, 0.2) is 0 Å². The van der Waals surface area contributed by atoms with E-state index in [1.807, 2.05) is 0 Å². The Labute approximate surface area is 178 Å². The number of aromatic nitrogens is 3. The maximum absolute atomic E-state index is 5.44. The highest BCUT2D eigenvalue weighted by Crippen LogP contribution is 1.86. The Morgan fingerprint density at radius 3 is 1.23 bits per heavy atom. The lowest BCUT2D eigenvalue weighted by molar-refractivity contribution is -0.0223. The molecule has 0 saturated heterocycles. The van der Waals surface area contributed by atoms with Crippen LogP contribution in [0.1, 0.15) is 0 Å². The molecule has 11 heteroatoms. The van der Waals surface area contributed by atoms with Crippen molar-refractivity contribution >= 4 is 0 Å². The zero-order valence-corrected chi connectivity index (χ0v) is 18.1. The summed E-state index contributed by atoms with van der Waals surface area (Å²) in [4.78, 5) is 0. The maximum atomic E-state index is 5.44. The summed E-state index contributed by atoms with van der Waals surface area (Å²) in [6.45, 7) is 8.96. The molecule has 0 bridgehead atoms. The van der Waals surface area contributed by atoms with Crippen molar-refractivity contribution in [1.29, 1.82) is 0 Å². The number of nitrogens with zero attached hydrogens (tertiary/aromatic N) is 3. The van der Waals surface area contributed by atoms with Crippen LogP contribution >= 0.6 is 0 Å². The van der Waals surface area contributed by atoms with Crippen LogP contribution in [-0.4, -0.2) is 121 Å². The summed E-state index contributed by atoms with van der Waals surface area (Å²) < 4.78 is 44.4. The lowest BCUT2D eigenvalue weighted by atomic mass is 10.6. The van der Waals surface area contributed by atoms with Gasteiger partial charge in [0.05, 0.1) is 112 Å². The number of methoxy groups -OCH3 is 1. The Morgan fingerprint density at radius 1 is 0.533 bits per heavy atom. The molecule has 176 valence electrons. The summed E-state index contributed by atoms with van der Waals surface area (Å²) in [6.07, 6.45) is 3.44. The standard InChI is InChI=1S/C19H37N3O8/c1-23-6-7-25-10-11-27-14-15-29-18-19-30-17-16-28-13-12-26-9-8-24-5-4-22-3-2-20-21-22/h2-3H,4-19H2,1H3. The highest BCUT2D eigenvalue weighted by Gasteiger charge is 1.95. The van der Waals surface area contributed by atoms with Gasteiger partial charge in [-0.1, -0.05) is 5.21 Å². The average Bonchev–Trinajstić information content (AvgIpc) is 3.28. The van der Waals surface area contributed by atoms with E-state index in [4.69, 9.17) is 37.9 Å². The minimum absolute atomic E-state index is 0.532. The zero-order valence-electron chi connectivity index (χ0n) is 18.1. The first kappa shape index (κ1) is 26.9. The van der Waals surface area contributed by atoms with Crippen molar-refractivity contribution in [3.8, 4) is 0 Å². The van der Waals surface area contributed by atoms with Gasteiger partial charge in [0.2, 0.25) is 0 Å². The molecule has 0 fully saturated rings. The Hall–Kier alpha value is -1.18. The monoisotopic (exact) mass is 435 g/mol. The Bertz CT molecular complexity index is 439. The summed E-state index contributed by atoms with van der Waals surface area (Å²) in [7, 11) is 1.65. The second kappa shape index (κ2) is 22.5. The van der Waals surface area contributed by atoms with Crippen LogP contribution in [0.4, 0.5) is 0 Å². The third-order valence-electron chi connectivity index (χ3n) is 3.60. The molecule has 30 heavy (non-hydrogen) atoms. The normalized spacial score (nSPS) is 11.4. The molecule has 11 nitrogen and oxygen atoms in total. The van der Waals surface area contributed by atoms with E-state index >= 15 is 0 Å². The van der Waals surface area contributed by atoms with Gasteiger partial charge in [0.1, 0.15) is 0 Å². The Balaban J connectivity index is 1.63. The predicted molar refractivity (Wildman–Crippen MR) is 108 cm³/mol. The molecule has 0 radical (unpaired) electrons. The van der Waals surface area contributed by atoms with E-state index in [2.05, 4.69) is 10.3 Å². The topological polar surface area (TPSA) is 105 Å². The van der Waals surface area contributed by atoms with E-state index in [0.29, 0.717) is 106 Å². The highest BCUT2D eigenvalue weighted by molar-refractivity contribution is 4.63. The summed E-state index contributed by atoms with van der Waals surface area (Å²) in [5.41, 5.74) is 0. The van der Waals surface area contributed by atoms with Gasteiger partial charge in [-0.2, -0.15) is 0 Å². The second-order valence-corrected chi connectivity index (χ2v) is 5.95. The van der Waals surface area contributed by atoms with E-state index in [1.54, 1.807) is 24.2 Å². The largest absolute Gasteiger partial charge is 0.382 e. The van der Waals surface area contributed by atoms with Gasteiger partial charge in [-0.3, -0.25) is 4.68 Å². The summed E-state index contributed by atoms with van der Waals surface area (Å²) in [6, 6.07) is 0. The van der Waals surface area contributed by atoms with Gasteiger partial charge in [-0.05, 0) is 0 Å². The van der Waals surface area contributed by atoms with Crippen LogP contribution in [0.25, 0.3) is 0 Å². The molecule has 0 aliphatic carbocycles. The predicted octanol–water partition coefficient (Wildman–Crippen LogP) is 0.0407. The van der Waals surface area contributed by atoms with Gasteiger partial charge in [0, 0.05) is 13.3 Å². The van der Waals surface area contributed by atoms with Gasteiger partial charge < -0.3 is 37.9 Å². The number of hydrogen-bond acceptors (Lipinski definition) is 10. The van der Waals surface area contributed by atoms with Crippen molar-refractivity contribution in [2.75, 3.05) is 106 Å². The number of hydrogen-bond donors (Lipinski definition) is 0. The smallest absolute Gasteiger partial charge is 0.0701 e. The molecule has 1 heterocycles. The molecule has 0 N–H and O–H groups in total. The fraction of sp³-hybridized carbons (Fsp3) is 0.895. The van der Waals surface area contributed by atoms with Crippen LogP contribution < -0.4 is 0 Å². The molecule has 0 aliphatic rings. The molecule has 0 saturated carbocycles. The molecular formula is C19H37N3O8. The van der Waals surface area contributed by atoms with Crippen LogP contribution in [0.3, 0.4) is 0 Å². The van der Waals surface area contributed by atoms with Crippen molar-refractivity contribution in [3.63, 3.8) is 0 Å². The minimum atomic E-state index is 0.532. The van der Waals surface area contributed by atoms with E-state index < -0.39 is 0 Å². The molecule has 0 unspecified atom stereocenters. The van der Waals surface area contributed by atoms with E-state index in [9.17, 15) is 0 Å². The quantitative estimate of drug-likeness (QED) is 0.207. The van der Waals surface area contributed by atoms with Gasteiger partial charge in [-0.25, -0.2) is 0 Å². The van der Waals surface area contributed by atoms with Crippen LogP contribution in [0.2, 0.25) is 0 Å². The van der Waals surface area contributed by atoms with E-state index in [0.717, 1.165) is 0 Å². The fourth-order valence-electron chi connectivity index (χ4n) is 2.07. The van der Waals surface area contributed by atoms with Crippen LogP contribution in [0.15, 0.2) is 12.4 Å². The summed E-state index contributed by atoms with van der Waals surface area (Å²) in [5, 5.41) is 7.58. The number of rotatable bonds is 24. The van der Waals surface area contributed by atoms with E-state index in [1.165, 1.54) is 0 Å². The molecule has 1 rings (SSSR count). The third kappa shape index (κ3) is 18.8. The molecule has 1 aromatic rings. The maximum Gasteiger partial charge on any atom is 0.0701 e. The molecule has 0 atom stereocenters. The third-order valence-corrected chi connectivity index (χ3v) is 3.60. The lowest BCUT2D eigenvalue weighted by Gasteiger charge is -2.08. The van der Waals surface area contributed by atoms with E-state index in [-0.39, 0.29) is 0 Å². The molecule has 0 spiro atoms. The SMILES string of the molecule is COCCOCCOCCOCCOCCOCCOCCOCCn1ccnn1. The van der Waals surface area contributed by atoms with Gasteiger partial charge in [-0.15, -0.1) is 5.10 Å².